The quantitative estimate of drug-likeness (QED) is 0.831. The lowest BCUT2D eigenvalue weighted by molar-refractivity contribution is -0.124. The highest BCUT2D eigenvalue weighted by Gasteiger charge is 2.26. The van der Waals surface area contributed by atoms with Crippen molar-refractivity contribution in [3.05, 3.63) is 16.6 Å². The van der Waals surface area contributed by atoms with Gasteiger partial charge in [-0.25, -0.2) is 4.98 Å². The SMILES string of the molecule is CC(C)(C)C(N)C(=O)NCCc1nccs1. The Bertz CT molecular complexity index is 329. The molecule has 1 aromatic rings. The standard InChI is InChI=1S/C11H19N3OS/c1-11(2,3)9(12)10(15)14-5-4-8-13-6-7-16-8/h6-7,9H,4-5,12H2,1-3H3,(H,14,15). The molecule has 0 aliphatic carbocycles. The molecule has 0 saturated carbocycles. The molecular formula is C11H19N3OS. The highest BCUT2D eigenvalue weighted by Crippen LogP contribution is 2.17. The highest BCUT2D eigenvalue weighted by molar-refractivity contribution is 7.09. The summed E-state index contributed by atoms with van der Waals surface area (Å²) in [5, 5.41) is 5.79. The summed E-state index contributed by atoms with van der Waals surface area (Å²) in [5.41, 5.74) is 5.63. The van der Waals surface area contributed by atoms with Crippen LogP contribution in [0.5, 0.6) is 0 Å². The first kappa shape index (κ1) is 13.1. The Balaban J connectivity index is 2.30. The number of carbonyl (C=O) groups excluding carboxylic acids is 1. The number of nitrogens with one attached hydrogen (secondary N) is 1. The van der Waals surface area contributed by atoms with Gasteiger partial charge in [-0.05, 0) is 5.41 Å². The molecule has 0 radical (unpaired) electrons. The van der Waals surface area contributed by atoms with Crippen molar-refractivity contribution in [1.82, 2.24) is 10.3 Å². The van der Waals surface area contributed by atoms with Crippen molar-refractivity contribution in [2.45, 2.75) is 33.2 Å². The Hall–Kier alpha value is -0.940. The van der Waals surface area contributed by atoms with Crippen molar-refractivity contribution in [2.75, 3.05) is 6.54 Å². The maximum atomic E-state index is 11.7. The molecule has 1 atom stereocenters. The number of rotatable bonds is 4. The molecule has 0 fully saturated rings. The lowest BCUT2D eigenvalue weighted by Crippen LogP contribution is -2.48. The topological polar surface area (TPSA) is 68.0 Å². The van der Waals surface area contributed by atoms with Crippen molar-refractivity contribution < 1.29 is 4.79 Å². The Morgan fingerprint density at radius 1 is 1.62 bits per heavy atom. The summed E-state index contributed by atoms with van der Waals surface area (Å²) >= 11 is 1.59. The summed E-state index contributed by atoms with van der Waals surface area (Å²) < 4.78 is 0. The minimum atomic E-state index is -0.469. The van der Waals surface area contributed by atoms with Crippen molar-refractivity contribution in [3.8, 4) is 0 Å². The third-order valence-corrected chi connectivity index (χ3v) is 3.18. The van der Waals surface area contributed by atoms with Gasteiger partial charge in [0.15, 0.2) is 0 Å². The fraction of sp³-hybridized carbons (Fsp3) is 0.636. The molecule has 1 rings (SSSR count). The van der Waals surface area contributed by atoms with E-state index < -0.39 is 6.04 Å². The summed E-state index contributed by atoms with van der Waals surface area (Å²) in [7, 11) is 0. The fourth-order valence-corrected chi connectivity index (χ4v) is 1.79. The third kappa shape index (κ3) is 3.90. The van der Waals surface area contributed by atoms with E-state index in [1.54, 1.807) is 17.5 Å². The molecule has 5 heteroatoms. The van der Waals surface area contributed by atoms with Gasteiger partial charge >= 0.3 is 0 Å². The van der Waals surface area contributed by atoms with Gasteiger partial charge in [0.1, 0.15) is 0 Å². The first-order valence-electron chi connectivity index (χ1n) is 5.33. The lowest BCUT2D eigenvalue weighted by atomic mass is 9.87. The number of amides is 1. The van der Waals surface area contributed by atoms with Crippen LogP contribution in [0.2, 0.25) is 0 Å². The molecular weight excluding hydrogens is 222 g/mol. The molecule has 0 aliphatic heterocycles. The van der Waals surface area contributed by atoms with Crippen LogP contribution in [-0.2, 0) is 11.2 Å². The van der Waals surface area contributed by atoms with Crippen molar-refractivity contribution in [1.29, 1.82) is 0 Å². The van der Waals surface area contributed by atoms with Gasteiger partial charge in [0.05, 0.1) is 11.0 Å². The van der Waals surface area contributed by atoms with Crippen LogP contribution < -0.4 is 11.1 Å². The van der Waals surface area contributed by atoms with Gasteiger partial charge in [-0.3, -0.25) is 4.79 Å². The van der Waals surface area contributed by atoms with E-state index in [0.717, 1.165) is 11.4 Å². The molecule has 3 N–H and O–H groups in total. The number of nitrogens with zero attached hydrogens (tertiary/aromatic N) is 1. The Morgan fingerprint density at radius 2 is 2.31 bits per heavy atom. The molecule has 1 aromatic heterocycles. The van der Waals surface area contributed by atoms with Crippen molar-refractivity contribution in [2.24, 2.45) is 11.1 Å². The average molecular weight is 241 g/mol. The Morgan fingerprint density at radius 3 is 2.81 bits per heavy atom. The normalized spacial score (nSPS) is 13.5. The van der Waals surface area contributed by atoms with Crippen LogP contribution in [0.4, 0.5) is 0 Å². The minimum Gasteiger partial charge on any atom is -0.354 e. The average Bonchev–Trinajstić information content (AvgIpc) is 2.67. The first-order valence-corrected chi connectivity index (χ1v) is 6.21. The van der Waals surface area contributed by atoms with Crippen LogP contribution in [0.25, 0.3) is 0 Å². The van der Waals surface area contributed by atoms with Gasteiger partial charge in [0.2, 0.25) is 5.91 Å². The van der Waals surface area contributed by atoms with Gasteiger partial charge in [-0.15, -0.1) is 11.3 Å². The fourth-order valence-electron chi connectivity index (χ4n) is 1.17. The zero-order valence-corrected chi connectivity index (χ0v) is 10.8. The molecule has 0 aliphatic rings. The van der Waals surface area contributed by atoms with Gasteiger partial charge in [0, 0.05) is 24.5 Å². The van der Waals surface area contributed by atoms with E-state index >= 15 is 0 Å². The van der Waals surface area contributed by atoms with E-state index in [0.29, 0.717) is 6.54 Å². The highest BCUT2D eigenvalue weighted by atomic mass is 32.1. The van der Waals surface area contributed by atoms with Crippen LogP contribution in [0.1, 0.15) is 25.8 Å². The summed E-state index contributed by atoms with van der Waals surface area (Å²) in [6.45, 7) is 6.46. The molecule has 1 heterocycles. The molecule has 4 nitrogen and oxygen atoms in total. The number of carbonyl (C=O) groups is 1. The molecule has 90 valence electrons. The van der Waals surface area contributed by atoms with E-state index in [2.05, 4.69) is 10.3 Å². The predicted octanol–water partition coefficient (Wildman–Crippen LogP) is 1.18. The third-order valence-electron chi connectivity index (χ3n) is 2.34. The Kier molecular flexibility index (Phi) is 4.44. The molecule has 0 aromatic carbocycles. The number of nitrogens with two attached hydrogens (primary N) is 1. The van der Waals surface area contributed by atoms with Crippen LogP contribution in [0.15, 0.2) is 11.6 Å². The van der Waals surface area contributed by atoms with E-state index in [4.69, 9.17) is 5.73 Å². The molecule has 1 amide bonds. The van der Waals surface area contributed by atoms with Gasteiger partial charge in [0.25, 0.3) is 0 Å². The van der Waals surface area contributed by atoms with E-state index in [-0.39, 0.29) is 11.3 Å². The second-order valence-corrected chi connectivity index (χ2v) is 5.79. The molecule has 1 unspecified atom stereocenters. The van der Waals surface area contributed by atoms with Crippen LogP contribution in [-0.4, -0.2) is 23.5 Å². The van der Waals surface area contributed by atoms with Crippen LogP contribution in [0, 0.1) is 5.41 Å². The van der Waals surface area contributed by atoms with Gasteiger partial charge < -0.3 is 11.1 Å². The van der Waals surface area contributed by atoms with Crippen molar-refractivity contribution >= 4 is 17.2 Å². The summed E-state index contributed by atoms with van der Waals surface area (Å²) in [4.78, 5) is 15.8. The zero-order valence-electron chi connectivity index (χ0n) is 9.99. The largest absolute Gasteiger partial charge is 0.354 e. The van der Waals surface area contributed by atoms with Crippen LogP contribution in [0.3, 0.4) is 0 Å². The maximum Gasteiger partial charge on any atom is 0.237 e. The maximum absolute atomic E-state index is 11.7. The summed E-state index contributed by atoms with van der Waals surface area (Å²) in [6, 6.07) is -0.469. The van der Waals surface area contributed by atoms with E-state index in [1.165, 1.54) is 0 Å². The number of aromatic nitrogens is 1. The summed E-state index contributed by atoms with van der Waals surface area (Å²) in [5.74, 6) is -0.0935. The minimum absolute atomic E-state index is 0.0935. The predicted molar refractivity (Wildman–Crippen MR) is 66.3 cm³/mol. The first-order chi connectivity index (χ1) is 7.41. The lowest BCUT2D eigenvalue weighted by Gasteiger charge is -2.25. The van der Waals surface area contributed by atoms with Gasteiger partial charge in [-0.2, -0.15) is 0 Å². The smallest absolute Gasteiger partial charge is 0.237 e. The number of hydrogen-bond donors (Lipinski definition) is 2. The molecule has 0 spiro atoms. The van der Waals surface area contributed by atoms with Crippen LogP contribution >= 0.6 is 11.3 Å². The van der Waals surface area contributed by atoms with Gasteiger partial charge in [-0.1, -0.05) is 20.8 Å². The van der Waals surface area contributed by atoms with Crippen molar-refractivity contribution in [3.63, 3.8) is 0 Å². The number of hydrogen-bond acceptors (Lipinski definition) is 4. The second kappa shape index (κ2) is 5.41. The van der Waals surface area contributed by atoms with E-state index in [1.807, 2.05) is 26.2 Å². The van der Waals surface area contributed by atoms with E-state index in [9.17, 15) is 4.79 Å². The molecule has 0 bridgehead atoms. The molecule has 0 saturated heterocycles. The monoisotopic (exact) mass is 241 g/mol. The number of thiazole rings is 1. The molecule has 16 heavy (non-hydrogen) atoms. The Labute approximate surface area is 100 Å². The second-order valence-electron chi connectivity index (χ2n) is 4.81. The zero-order chi connectivity index (χ0) is 12.2. The summed E-state index contributed by atoms with van der Waals surface area (Å²) in [6.07, 6.45) is 2.53.